The summed E-state index contributed by atoms with van der Waals surface area (Å²) in [5.41, 5.74) is 6.65. The van der Waals surface area contributed by atoms with Crippen LogP contribution in [0, 0.1) is 0 Å². The molecule has 0 fully saturated rings. The van der Waals surface area contributed by atoms with Crippen LogP contribution in [0.2, 0.25) is 0 Å². The fourth-order valence-electron chi connectivity index (χ4n) is 2.51. The molecule has 2 atom stereocenters. The summed E-state index contributed by atoms with van der Waals surface area (Å²) in [5, 5.41) is 14.9. The Hall–Kier alpha value is -1.61. The van der Waals surface area contributed by atoms with Crippen molar-refractivity contribution < 1.29 is 5.11 Å². The number of aliphatic hydroxyl groups excluding tert-OH is 1. The van der Waals surface area contributed by atoms with Gasteiger partial charge in [-0.2, -0.15) is 0 Å². The first-order valence-corrected chi connectivity index (χ1v) is 6.52. The molecule has 0 spiro atoms. The highest BCUT2D eigenvalue weighted by Crippen LogP contribution is 2.28. The monoisotopic (exact) mass is 287 g/mol. The van der Waals surface area contributed by atoms with E-state index in [0.29, 0.717) is 0 Å². The lowest BCUT2D eigenvalue weighted by atomic mass is 9.96. The molecule has 0 aliphatic rings. The zero-order valence-electron chi connectivity index (χ0n) is 11.3. The van der Waals surface area contributed by atoms with Crippen LogP contribution in [0.5, 0.6) is 0 Å². The smallest absolute Gasteiger partial charge is 0.0938 e. The topological polar surface area (TPSA) is 46.2 Å². The molecule has 3 heteroatoms. The minimum atomic E-state index is -0.622. The highest BCUT2D eigenvalue weighted by molar-refractivity contribution is 6.07. The molecule has 0 aliphatic carbocycles. The van der Waals surface area contributed by atoms with E-state index in [1.165, 1.54) is 16.2 Å². The van der Waals surface area contributed by atoms with Crippen molar-refractivity contribution in [2.45, 2.75) is 19.1 Å². The molecule has 20 heavy (non-hydrogen) atoms. The van der Waals surface area contributed by atoms with Crippen molar-refractivity contribution in [1.82, 2.24) is 0 Å². The van der Waals surface area contributed by atoms with Crippen LogP contribution in [0.3, 0.4) is 0 Å². The molecular weight excluding hydrogens is 270 g/mol. The summed E-state index contributed by atoms with van der Waals surface area (Å²) in [7, 11) is 0. The standard InChI is InChI=1S/C17H17NO.ClH/c1-11(18)17(19)14-9-8-13-7-6-12-4-2-3-5-15(12)16(13)10-14;/h2-11,17,19H,18H2,1H3;1H. The number of fused-ring (bicyclic) bond motifs is 3. The predicted octanol–water partition coefficient (Wildman–Crippen LogP) is 3.80. The molecule has 104 valence electrons. The molecule has 0 bridgehead atoms. The van der Waals surface area contributed by atoms with Gasteiger partial charge in [0.15, 0.2) is 0 Å². The maximum atomic E-state index is 10.1. The third kappa shape index (κ3) is 2.50. The molecule has 2 nitrogen and oxygen atoms in total. The molecule has 3 N–H and O–H groups in total. The van der Waals surface area contributed by atoms with Gasteiger partial charge in [-0.15, -0.1) is 12.4 Å². The van der Waals surface area contributed by atoms with E-state index < -0.39 is 6.10 Å². The van der Waals surface area contributed by atoms with Crippen LogP contribution in [-0.4, -0.2) is 11.1 Å². The maximum Gasteiger partial charge on any atom is 0.0938 e. The molecular formula is C17H18ClNO. The third-order valence-corrected chi connectivity index (χ3v) is 3.61. The Morgan fingerprint density at radius 2 is 1.50 bits per heavy atom. The number of aliphatic hydroxyl groups is 1. The Bertz CT molecular complexity index is 739. The second-order valence-electron chi connectivity index (χ2n) is 5.07. The van der Waals surface area contributed by atoms with Crippen molar-refractivity contribution in [3.63, 3.8) is 0 Å². The van der Waals surface area contributed by atoms with E-state index in [-0.39, 0.29) is 18.4 Å². The molecule has 0 radical (unpaired) electrons. The van der Waals surface area contributed by atoms with Gasteiger partial charge in [-0.05, 0) is 40.1 Å². The average Bonchev–Trinajstić information content (AvgIpc) is 2.45. The summed E-state index contributed by atoms with van der Waals surface area (Å²) in [6.07, 6.45) is -0.622. The second-order valence-corrected chi connectivity index (χ2v) is 5.07. The number of benzene rings is 3. The fourth-order valence-corrected chi connectivity index (χ4v) is 2.51. The first-order valence-electron chi connectivity index (χ1n) is 6.52. The summed E-state index contributed by atoms with van der Waals surface area (Å²) >= 11 is 0. The Morgan fingerprint density at radius 1 is 0.900 bits per heavy atom. The zero-order chi connectivity index (χ0) is 13.4. The van der Waals surface area contributed by atoms with Gasteiger partial charge in [-0.1, -0.05) is 48.5 Å². The SMILES string of the molecule is CC(N)C(O)c1ccc2ccc3ccccc3c2c1.Cl. The summed E-state index contributed by atoms with van der Waals surface area (Å²) < 4.78 is 0. The van der Waals surface area contributed by atoms with Gasteiger partial charge in [0, 0.05) is 6.04 Å². The van der Waals surface area contributed by atoms with E-state index in [1.807, 2.05) is 37.3 Å². The van der Waals surface area contributed by atoms with Crippen molar-refractivity contribution >= 4 is 34.0 Å². The quantitative estimate of drug-likeness (QED) is 0.704. The molecule has 3 aromatic rings. The lowest BCUT2D eigenvalue weighted by Gasteiger charge is -2.16. The molecule has 3 aromatic carbocycles. The van der Waals surface area contributed by atoms with Crippen molar-refractivity contribution in [2.24, 2.45) is 5.73 Å². The van der Waals surface area contributed by atoms with E-state index in [0.717, 1.165) is 10.9 Å². The lowest BCUT2D eigenvalue weighted by Crippen LogP contribution is -2.24. The molecule has 0 aliphatic heterocycles. The van der Waals surface area contributed by atoms with Gasteiger partial charge in [0.25, 0.3) is 0 Å². The largest absolute Gasteiger partial charge is 0.387 e. The number of rotatable bonds is 2. The van der Waals surface area contributed by atoms with Gasteiger partial charge in [-0.25, -0.2) is 0 Å². The lowest BCUT2D eigenvalue weighted by molar-refractivity contribution is 0.153. The third-order valence-electron chi connectivity index (χ3n) is 3.61. The summed E-state index contributed by atoms with van der Waals surface area (Å²) in [6, 6.07) is 18.3. The average molecular weight is 288 g/mol. The molecule has 0 amide bonds. The van der Waals surface area contributed by atoms with Crippen molar-refractivity contribution in [3.8, 4) is 0 Å². The Kier molecular flexibility index (Phi) is 4.29. The molecule has 2 unspecified atom stereocenters. The molecule has 0 aromatic heterocycles. The first kappa shape index (κ1) is 14.8. The number of halogens is 1. The minimum absolute atomic E-state index is 0. The van der Waals surface area contributed by atoms with Crippen molar-refractivity contribution in [1.29, 1.82) is 0 Å². The van der Waals surface area contributed by atoms with Crippen LogP contribution >= 0.6 is 12.4 Å². The van der Waals surface area contributed by atoms with Gasteiger partial charge >= 0.3 is 0 Å². The van der Waals surface area contributed by atoms with Gasteiger partial charge in [0.05, 0.1) is 6.10 Å². The van der Waals surface area contributed by atoms with E-state index in [9.17, 15) is 5.11 Å². The van der Waals surface area contributed by atoms with Crippen LogP contribution in [0.15, 0.2) is 54.6 Å². The van der Waals surface area contributed by atoms with E-state index in [4.69, 9.17) is 5.73 Å². The Labute approximate surface area is 124 Å². The van der Waals surface area contributed by atoms with E-state index in [2.05, 4.69) is 24.3 Å². The second kappa shape index (κ2) is 5.80. The van der Waals surface area contributed by atoms with Crippen LogP contribution in [0.1, 0.15) is 18.6 Å². The van der Waals surface area contributed by atoms with Gasteiger partial charge in [-0.3, -0.25) is 0 Å². The summed E-state index contributed by atoms with van der Waals surface area (Å²) in [5.74, 6) is 0. The van der Waals surface area contributed by atoms with Crippen LogP contribution < -0.4 is 5.73 Å². The van der Waals surface area contributed by atoms with Crippen molar-refractivity contribution in [2.75, 3.05) is 0 Å². The highest BCUT2D eigenvalue weighted by Gasteiger charge is 2.13. The molecule has 0 heterocycles. The summed E-state index contributed by atoms with van der Waals surface area (Å²) in [4.78, 5) is 0. The highest BCUT2D eigenvalue weighted by atomic mass is 35.5. The van der Waals surface area contributed by atoms with Crippen LogP contribution in [0.25, 0.3) is 21.5 Å². The van der Waals surface area contributed by atoms with E-state index >= 15 is 0 Å². The van der Waals surface area contributed by atoms with E-state index in [1.54, 1.807) is 0 Å². The zero-order valence-corrected chi connectivity index (χ0v) is 12.1. The van der Waals surface area contributed by atoms with Crippen LogP contribution in [0.4, 0.5) is 0 Å². The molecule has 0 saturated heterocycles. The predicted molar refractivity (Wildman–Crippen MR) is 87.3 cm³/mol. The van der Waals surface area contributed by atoms with Gasteiger partial charge in [0.2, 0.25) is 0 Å². The minimum Gasteiger partial charge on any atom is -0.387 e. The normalized spacial score (nSPS) is 13.9. The summed E-state index contributed by atoms with van der Waals surface area (Å²) in [6.45, 7) is 1.82. The molecule has 3 rings (SSSR count). The maximum absolute atomic E-state index is 10.1. The Morgan fingerprint density at radius 3 is 2.20 bits per heavy atom. The number of nitrogens with two attached hydrogens (primary N) is 1. The first-order chi connectivity index (χ1) is 9.16. The Balaban J connectivity index is 0.00000147. The number of hydrogen-bond donors (Lipinski definition) is 2. The fraction of sp³-hybridized carbons (Fsp3) is 0.176. The van der Waals surface area contributed by atoms with Crippen molar-refractivity contribution in [3.05, 3.63) is 60.2 Å². The number of hydrogen-bond acceptors (Lipinski definition) is 2. The van der Waals surface area contributed by atoms with Crippen LogP contribution in [-0.2, 0) is 0 Å². The van der Waals surface area contributed by atoms with Gasteiger partial charge < -0.3 is 10.8 Å². The molecule has 0 saturated carbocycles. The van der Waals surface area contributed by atoms with Gasteiger partial charge in [0.1, 0.15) is 0 Å².